The summed E-state index contributed by atoms with van der Waals surface area (Å²) in [6.07, 6.45) is 0. The molecule has 0 saturated carbocycles. The second kappa shape index (κ2) is 8.43. The highest BCUT2D eigenvalue weighted by molar-refractivity contribution is 8.00. The Hall–Kier alpha value is -2.57. The third-order valence-corrected chi connectivity index (χ3v) is 6.96. The summed E-state index contributed by atoms with van der Waals surface area (Å²) in [6, 6.07) is 19.6. The Morgan fingerprint density at radius 1 is 1.10 bits per heavy atom. The Balaban J connectivity index is 1.58. The van der Waals surface area contributed by atoms with Crippen LogP contribution >= 0.6 is 23.1 Å². The summed E-state index contributed by atoms with van der Waals surface area (Å²) in [7, 11) is 0. The van der Waals surface area contributed by atoms with Crippen LogP contribution in [0.5, 0.6) is 0 Å². The summed E-state index contributed by atoms with van der Waals surface area (Å²) in [5.74, 6) is 0.883. The van der Waals surface area contributed by atoms with E-state index in [2.05, 4.69) is 31.3 Å². The molecule has 148 valence electrons. The number of hydrogen-bond donors (Lipinski definition) is 1. The lowest BCUT2D eigenvalue weighted by Gasteiger charge is -2.25. The number of benzene rings is 2. The van der Waals surface area contributed by atoms with Gasteiger partial charge >= 0.3 is 0 Å². The minimum absolute atomic E-state index is 0.102. The van der Waals surface area contributed by atoms with E-state index in [9.17, 15) is 9.59 Å². The molecule has 29 heavy (non-hydrogen) atoms. The van der Waals surface area contributed by atoms with Gasteiger partial charge in [-0.05, 0) is 52.8 Å². The average molecular weight is 423 g/mol. The van der Waals surface area contributed by atoms with Gasteiger partial charge < -0.3 is 5.32 Å². The zero-order valence-corrected chi connectivity index (χ0v) is 17.9. The molecule has 0 aliphatic carbocycles. The zero-order chi connectivity index (χ0) is 20.4. The lowest BCUT2D eigenvalue weighted by Crippen LogP contribution is -2.27. The highest BCUT2D eigenvalue weighted by atomic mass is 32.2. The maximum absolute atomic E-state index is 12.6. The molecule has 0 bridgehead atoms. The molecule has 1 aliphatic heterocycles. The number of amides is 2. The molecule has 3 aromatic rings. The molecule has 4 rings (SSSR count). The summed E-state index contributed by atoms with van der Waals surface area (Å²) in [5, 5.41) is 4.73. The third-order valence-electron chi connectivity index (χ3n) is 4.88. The Labute approximate surface area is 178 Å². The second-order valence-electron chi connectivity index (χ2n) is 7.23. The van der Waals surface area contributed by atoms with Crippen LogP contribution in [0, 0.1) is 0 Å². The fraction of sp³-hybridized carbons (Fsp3) is 0.217. The van der Waals surface area contributed by atoms with Crippen LogP contribution in [0.2, 0.25) is 0 Å². The first-order chi connectivity index (χ1) is 14.0. The lowest BCUT2D eigenvalue weighted by atomic mass is 10.0. The highest BCUT2D eigenvalue weighted by Crippen LogP contribution is 2.42. The van der Waals surface area contributed by atoms with Crippen LogP contribution in [-0.2, 0) is 4.79 Å². The van der Waals surface area contributed by atoms with Gasteiger partial charge in [-0.2, -0.15) is 0 Å². The van der Waals surface area contributed by atoms with Crippen molar-refractivity contribution in [1.82, 2.24) is 0 Å². The molecular weight excluding hydrogens is 400 g/mol. The van der Waals surface area contributed by atoms with Gasteiger partial charge in [0.25, 0.3) is 5.91 Å². The fourth-order valence-electron chi connectivity index (χ4n) is 3.34. The number of hydrogen-bond acceptors (Lipinski definition) is 4. The molecule has 1 unspecified atom stereocenters. The van der Waals surface area contributed by atoms with Crippen molar-refractivity contribution in [3.63, 3.8) is 0 Å². The Morgan fingerprint density at radius 2 is 1.90 bits per heavy atom. The van der Waals surface area contributed by atoms with E-state index in [-0.39, 0.29) is 17.2 Å². The lowest BCUT2D eigenvalue weighted by molar-refractivity contribution is -0.115. The first-order valence-electron chi connectivity index (χ1n) is 9.51. The van der Waals surface area contributed by atoms with Gasteiger partial charge in [0.2, 0.25) is 5.91 Å². The van der Waals surface area contributed by atoms with Gasteiger partial charge in [-0.3, -0.25) is 14.5 Å². The molecular formula is C23H22N2O2S2. The van der Waals surface area contributed by atoms with Gasteiger partial charge in [0.15, 0.2) is 0 Å². The first kappa shape index (κ1) is 19.7. The Bertz CT molecular complexity index is 1010. The van der Waals surface area contributed by atoms with Crippen LogP contribution in [0.15, 0.2) is 66.0 Å². The van der Waals surface area contributed by atoms with Crippen LogP contribution in [0.3, 0.4) is 0 Å². The quantitative estimate of drug-likeness (QED) is 0.557. The molecule has 1 aromatic heterocycles. The van der Waals surface area contributed by atoms with Crippen molar-refractivity contribution in [2.45, 2.75) is 25.1 Å². The number of carbonyl (C=O) groups excluding carboxylic acids is 2. The van der Waals surface area contributed by atoms with E-state index in [1.165, 1.54) is 16.9 Å². The predicted molar refractivity (Wildman–Crippen MR) is 122 cm³/mol. The molecule has 0 radical (unpaired) electrons. The third kappa shape index (κ3) is 4.23. The molecule has 1 aliphatic rings. The molecule has 6 heteroatoms. The Kier molecular flexibility index (Phi) is 5.74. The SMILES string of the molecule is CC(C)c1ccc(N2C(=O)CSC2c2cccc(NC(=O)c3cccs3)c2)cc1. The Morgan fingerprint density at radius 3 is 2.59 bits per heavy atom. The average Bonchev–Trinajstić information content (AvgIpc) is 3.38. The monoisotopic (exact) mass is 422 g/mol. The largest absolute Gasteiger partial charge is 0.321 e. The first-order valence-corrected chi connectivity index (χ1v) is 11.4. The van der Waals surface area contributed by atoms with E-state index >= 15 is 0 Å². The molecule has 1 saturated heterocycles. The second-order valence-corrected chi connectivity index (χ2v) is 9.25. The summed E-state index contributed by atoms with van der Waals surface area (Å²) in [5.41, 5.74) is 3.89. The van der Waals surface area contributed by atoms with Crippen molar-refractivity contribution in [2.24, 2.45) is 0 Å². The van der Waals surface area contributed by atoms with E-state index in [1.807, 2.05) is 52.7 Å². The van der Waals surface area contributed by atoms with Gasteiger partial charge in [-0.15, -0.1) is 23.1 Å². The molecule has 1 N–H and O–H groups in total. The molecule has 2 amide bonds. The van der Waals surface area contributed by atoms with Crippen LogP contribution in [0.4, 0.5) is 11.4 Å². The molecule has 4 nitrogen and oxygen atoms in total. The number of rotatable bonds is 5. The number of carbonyl (C=O) groups is 2. The van der Waals surface area contributed by atoms with Gasteiger partial charge in [-0.1, -0.05) is 44.2 Å². The molecule has 2 heterocycles. The van der Waals surface area contributed by atoms with Crippen molar-refractivity contribution in [3.05, 3.63) is 82.0 Å². The highest BCUT2D eigenvalue weighted by Gasteiger charge is 2.34. The number of thioether (sulfide) groups is 1. The number of thiophene rings is 1. The fourth-order valence-corrected chi connectivity index (χ4v) is 5.13. The predicted octanol–water partition coefficient (Wildman–Crippen LogP) is 5.90. The van der Waals surface area contributed by atoms with Crippen molar-refractivity contribution < 1.29 is 9.59 Å². The minimum Gasteiger partial charge on any atom is -0.321 e. The topological polar surface area (TPSA) is 49.4 Å². The summed E-state index contributed by atoms with van der Waals surface area (Å²) < 4.78 is 0. The van der Waals surface area contributed by atoms with Crippen LogP contribution < -0.4 is 10.2 Å². The van der Waals surface area contributed by atoms with Crippen molar-refractivity contribution >= 4 is 46.3 Å². The molecule has 2 aromatic carbocycles. The van der Waals surface area contributed by atoms with E-state index < -0.39 is 0 Å². The van der Waals surface area contributed by atoms with Crippen molar-refractivity contribution in [1.29, 1.82) is 0 Å². The summed E-state index contributed by atoms with van der Waals surface area (Å²) >= 11 is 3.02. The van der Waals surface area contributed by atoms with Gasteiger partial charge in [0, 0.05) is 11.4 Å². The van der Waals surface area contributed by atoms with E-state index in [0.717, 1.165) is 16.9 Å². The van der Waals surface area contributed by atoms with Gasteiger partial charge in [-0.25, -0.2) is 0 Å². The zero-order valence-electron chi connectivity index (χ0n) is 16.3. The van der Waals surface area contributed by atoms with Crippen molar-refractivity contribution in [3.8, 4) is 0 Å². The van der Waals surface area contributed by atoms with Gasteiger partial charge in [0.05, 0.1) is 10.6 Å². The smallest absolute Gasteiger partial charge is 0.265 e. The molecule has 1 fully saturated rings. The normalized spacial score (nSPS) is 16.4. The van der Waals surface area contributed by atoms with Crippen LogP contribution in [0.25, 0.3) is 0 Å². The number of anilines is 2. The van der Waals surface area contributed by atoms with Crippen LogP contribution in [-0.4, -0.2) is 17.6 Å². The molecule has 1 atom stereocenters. The van der Waals surface area contributed by atoms with E-state index in [0.29, 0.717) is 16.5 Å². The van der Waals surface area contributed by atoms with Gasteiger partial charge in [0.1, 0.15) is 5.37 Å². The minimum atomic E-state index is -0.117. The van der Waals surface area contributed by atoms with Crippen LogP contribution in [0.1, 0.15) is 45.9 Å². The standard InChI is InChI=1S/C23H22N2O2S2/c1-15(2)16-8-10-19(11-9-16)25-21(26)14-29-23(25)17-5-3-6-18(13-17)24-22(27)20-7-4-12-28-20/h3-13,15,23H,14H2,1-2H3,(H,24,27). The maximum Gasteiger partial charge on any atom is 0.265 e. The maximum atomic E-state index is 12.6. The van der Waals surface area contributed by atoms with E-state index in [1.54, 1.807) is 17.8 Å². The van der Waals surface area contributed by atoms with E-state index in [4.69, 9.17) is 0 Å². The summed E-state index contributed by atoms with van der Waals surface area (Å²) in [4.78, 5) is 27.5. The molecule has 0 spiro atoms. The summed E-state index contributed by atoms with van der Waals surface area (Å²) in [6.45, 7) is 4.31. The number of nitrogens with one attached hydrogen (secondary N) is 1. The number of nitrogens with zero attached hydrogens (tertiary/aromatic N) is 1. The van der Waals surface area contributed by atoms with Crippen molar-refractivity contribution in [2.75, 3.05) is 16.0 Å².